The van der Waals surface area contributed by atoms with Crippen LogP contribution in [-0.2, 0) is 13.1 Å². The Bertz CT molecular complexity index is 516. The Labute approximate surface area is 115 Å². The van der Waals surface area contributed by atoms with Crippen molar-refractivity contribution in [2.45, 2.75) is 26.4 Å². The minimum absolute atomic E-state index is 0.819. The fraction of sp³-hybridized carbons (Fsp3) is 0.400. The molecule has 0 unspecified atom stereocenters. The second-order valence-corrected chi connectivity index (χ2v) is 4.82. The quantitative estimate of drug-likeness (QED) is 0.864. The lowest BCUT2D eigenvalue weighted by atomic mass is 10.3. The molecule has 0 radical (unpaired) electrons. The summed E-state index contributed by atoms with van der Waals surface area (Å²) < 4.78 is 2.29. The Hall–Kier alpha value is -1.97. The molecule has 2 aromatic rings. The highest BCUT2D eigenvalue weighted by Gasteiger charge is 2.06. The van der Waals surface area contributed by atoms with E-state index in [1.54, 1.807) is 0 Å². The van der Waals surface area contributed by atoms with Gasteiger partial charge >= 0.3 is 0 Å². The smallest absolute Gasteiger partial charge is 0.151 e. The lowest BCUT2D eigenvalue weighted by Gasteiger charge is -2.17. The van der Waals surface area contributed by atoms with Gasteiger partial charge in [-0.15, -0.1) is 0 Å². The van der Waals surface area contributed by atoms with Gasteiger partial charge in [-0.25, -0.2) is 4.98 Å². The molecule has 4 nitrogen and oxygen atoms in total. The second kappa shape index (κ2) is 6.27. The standard InChI is InChI=1S/C15H22N4/c1-4-10-19-11-6-7-13(19)12-17-14-8-5-9-16-15(14)18(2)3/h5-9,11,17H,4,10,12H2,1-3H3. The van der Waals surface area contributed by atoms with Crippen molar-refractivity contribution >= 4 is 11.5 Å². The Kier molecular flexibility index (Phi) is 4.44. The normalized spacial score (nSPS) is 10.5. The van der Waals surface area contributed by atoms with E-state index in [-0.39, 0.29) is 0 Å². The maximum absolute atomic E-state index is 4.39. The van der Waals surface area contributed by atoms with Crippen molar-refractivity contribution in [3.63, 3.8) is 0 Å². The zero-order valence-electron chi connectivity index (χ0n) is 11.9. The van der Waals surface area contributed by atoms with E-state index in [2.05, 4.69) is 46.2 Å². The van der Waals surface area contributed by atoms with Crippen LogP contribution in [0.5, 0.6) is 0 Å². The van der Waals surface area contributed by atoms with Crippen molar-refractivity contribution in [2.75, 3.05) is 24.3 Å². The molecule has 0 atom stereocenters. The number of aromatic nitrogens is 2. The summed E-state index contributed by atoms with van der Waals surface area (Å²) >= 11 is 0. The molecule has 102 valence electrons. The molecule has 0 aliphatic heterocycles. The molecule has 0 spiro atoms. The lowest BCUT2D eigenvalue weighted by Crippen LogP contribution is -2.14. The van der Waals surface area contributed by atoms with Crippen LogP contribution in [0.2, 0.25) is 0 Å². The number of anilines is 2. The fourth-order valence-electron chi connectivity index (χ4n) is 2.15. The van der Waals surface area contributed by atoms with E-state index in [0.717, 1.165) is 31.0 Å². The highest BCUT2D eigenvalue weighted by Crippen LogP contribution is 2.21. The molecular weight excluding hydrogens is 236 g/mol. The topological polar surface area (TPSA) is 33.1 Å². The molecule has 0 aliphatic carbocycles. The van der Waals surface area contributed by atoms with Crippen LogP contribution in [0.4, 0.5) is 11.5 Å². The van der Waals surface area contributed by atoms with E-state index in [1.807, 2.05) is 31.3 Å². The Morgan fingerprint density at radius 2 is 2.11 bits per heavy atom. The average molecular weight is 258 g/mol. The molecule has 2 heterocycles. The van der Waals surface area contributed by atoms with E-state index >= 15 is 0 Å². The molecule has 0 amide bonds. The first-order chi connectivity index (χ1) is 9.22. The third kappa shape index (κ3) is 3.28. The third-order valence-electron chi connectivity index (χ3n) is 3.06. The molecule has 2 aromatic heterocycles. The molecule has 0 aliphatic rings. The summed E-state index contributed by atoms with van der Waals surface area (Å²) in [5.74, 6) is 0.969. The summed E-state index contributed by atoms with van der Waals surface area (Å²) in [6.45, 7) is 4.08. The van der Waals surface area contributed by atoms with E-state index in [0.29, 0.717) is 0 Å². The van der Waals surface area contributed by atoms with E-state index in [9.17, 15) is 0 Å². The predicted molar refractivity (Wildman–Crippen MR) is 80.6 cm³/mol. The summed E-state index contributed by atoms with van der Waals surface area (Å²) in [6, 6.07) is 8.28. The Morgan fingerprint density at radius 1 is 1.26 bits per heavy atom. The van der Waals surface area contributed by atoms with Crippen LogP contribution < -0.4 is 10.2 Å². The second-order valence-electron chi connectivity index (χ2n) is 4.82. The molecule has 19 heavy (non-hydrogen) atoms. The molecule has 1 N–H and O–H groups in total. The van der Waals surface area contributed by atoms with Gasteiger partial charge in [0.2, 0.25) is 0 Å². The van der Waals surface area contributed by atoms with Crippen molar-refractivity contribution in [1.29, 1.82) is 0 Å². The molecule has 2 rings (SSSR count). The molecule has 0 fully saturated rings. The molecular formula is C15H22N4. The highest BCUT2D eigenvalue weighted by atomic mass is 15.2. The van der Waals surface area contributed by atoms with Crippen LogP contribution in [0.15, 0.2) is 36.7 Å². The summed E-state index contributed by atoms with van der Waals surface area (Å²) in [6.07, 6.45) is 5.11. The number of aryl methyl sites for hydroxylation is 1. The van der Waals surface area contributed by atoms with Gasteiger partial charge in [0, 0.05) is 38.7 Å². The van der Waals surface area contributed by atoms with Crippen LogP contribution in [0.3, 0.4) is 0 Å². The number of nitrogens with zero attached hydrogens (tertiary/aromatic N) is 3. The van der Waals surface area contributed by atoms with E-state index < -0.39 is 0 Å². The first-order valence-corrected chi connectivity index (χ1v) is 6.72. The predicted octanol–water partition coefficient (Wildman–Crippen LogP) is 2.97. The van der Waals surface area contributed by atoms with Crippen molar-refractivity contribution in [3.05, 3.63) is 42.4 Å². The zero-order chi connectivity index (χ0) is 13.7. The van der Waals surface area contributed by atoms with Gasteiger partial charge in [0.05, 0.1) is 12.2 Å². The van der Waals surface area contributed by atoms with Crippen LogP contribution in [-0.4, -0.2) is 23.6 Å². The van der Waals surface area contributed by atoms with Crippen LogP contribution in [0.1, 0.15) is 19.0 Å². The van der Waals surface area contributed by atoms with Gasteiger partial charge in [-0.3, -0.25) is 0 Å². The average Bonchev–Trinajstić information content (AvgIpc) is 2.84. The Balaban J connectivity index is 2.08. The SMILES string of the molecule is CCCn1cccc1CNc1cccnc1N(C)C. The van der Waals surface area contributed by atoms with Gasteiger partial charge in [0.25, 0.3) is 0 Å². The van der Waals surface area contributed by atoms with Crippen molar-refractivity contribution in [3.8, 4) is 0 Å². The minimum atomic E-state index is 0.819. The maximum atomic E-state index is 4.39. The first kappa shape index (κ1) is 13.5. The number of hydrogen-bond acceptors (Lipinski definition) is 3. The van der Waals surface area contributed by atoms with Crippen LogP contribution in [0.25, 0.3) is 0 Å². The summed E-state index contributed by atoms with van der Waals surface area (Å²) in [7, 11) is 4.01. The summed E-state index contributed by atoms with van der Waals surface area (Å²) in [5, 5.41) is 3.47. The maximum Gasteiger partial charge on any atom is 0.151 e. The number of hydrogen-bond donors (Lipinski definition) is 1. The molecule has 4 heteroatoms. The number of nitrogens with one attached hydrogen (secondary N) is 1. The molecule has 0 aromatic carbocycles. The molecule has 0 bridgehead atoms. The summed E-state index contributed by atoms with van der Waals surface area (Å²) in [5.41, 5.74) is 2.37. The van der Waals surface area contributed by atoms with Gasteiger partial charge in [0.1, 0.15) is 0 Å². The summed E-state index contributed by atoms with van der Waals surface area (Å²) in [4.78, 5) is 6.41. The zero-order valence-corrected chi connectivity index (χ0v) is 11.9. The van der Waals surface area contributed by atoms with E-state index in [4.69, 9.17) is 0 Å². The fourth-order valence-corrected chi connectivity index (χ4v) is 2.15. The van der Waals surface area contributed by atoms with Crippen molar-refractivity contribution < 1.29 is 0 Å². The van der Waals surface area contributed by atoms with Gasteiger partial charge in [0.15, 0.2) is 5.82 Å². The lowest BCUT2D eigenvalue weighted by molar-refractivity contribution is 0.654. The van der Waals surface area contributed by atoms with Crippen molar-refractivity contribution in [2.24, 2.45) is 0 Å². The number of pyridine rings is 1. The molecule has 0 saturated heterocycles. The van der Waals surface area contributed by atoms with Gasteiger partial charge in [-0.1, -0.05) is 6.92 Å². The van der Waals surface area contributed by atoms with Gasteiger partial charge in [-0.05, 0) is 30.7 Å². The van der Waals surface area contributed by atoms with Crippen LogP contribution >= 0.6 is 0 Å². The highest BCUT2D eigenvalue weighted by molar-refractivity contribution is 5.64. The van der Waals surface area contributed by atoms with Gasteiger partial charge in [-0.2, -0.15) is 0 Å². The Morgan fingerprint density at radius 3 is 2.84 bits per heavy atom. The number of rotatable bonds is 6. The van der Waals surface area contributed by atoms with Gasteiger partial charge < -0.3 is 14.8 Å². The molecule has 0 saturated carbocycles. The monoisotopic (exact) mass is 258 g/mol. The minimum Gasteiger partial charge on any atom is -0.376 e. The van der Waals surface area contributed by atoms with Crippen LogP contribution in [0, 0.1) is 0 Å². The third-order valence-corrected chi connectivity index (χ3v) is 3.06. The van der Waals surface area contributed by atoms with Crippen molar-refractivity contribution in [1.82, 2.24) is 9.55 Å². The largest absolute Gasteiger partial charge is 0.376 e. The first-order valence-electron chi connectivity index (χ1n) is 6.72. The van der Waals surface area contributed by atoms with E-state index in [1.165, 1.54) is 5.69 Å².